The average molecular weight is 230 g/mol. The van der Waals surface area contributed by atoms with Gasteiger partial charge in [-0.1, -0.05) is 17.7 Å². The van der Waals surface area contributed by atoms with Crippen molar-refractivity contribution in [2.24, 2.45) is 0 Å². The van der Waals surface area contributed by atoms with E-state index in [4.69, 9.17) is 0 Å². The Morgan fingerprint density at radius 1 is 1.18 bits per heavy atom. The molecular weight excluding hydrogens is 212 g/mol. The minimum atomic E-state index is 0.940. The lowest BCUT2D eigenvalue weighted by molar-refractivity contribution is 0.869. The van der Waals surface area contributed by atoms with E-state index in [0.29, 0.717) is 0 Å². The number of nitrogens with zero attached hydrogens (tertiary/aromatic N) is 3. The van der Waals surface area contributed by atoms with E-state index in [1.165, 1.54) is 5.56 Å². The van der Waals surface area contributed by atoms with Crippen molar-refractivity contribution in [3.63, 3.8) is 0 Å². The van der Waals surface area contributed by atoms with Crippen LogP contribution in [0, 0.1) is 6.92 Å². The molecule has 4 nitrogen and oxygen atoms in total. The molecule has 0 radical (unpaired) electrons. The van der Waals surface area contributed by atoms with Gasteiger partial charge in [0.25, 0.3) is 0 Å². The highest BCUT2D eigenvalue weighted by molar-refractivity contribution is 5.54. The smallest absolute Gasteiger partial charge is 0.152 e. The molecule has 0 atom stereocenters. The predicted molar refractivity (Wildman–Crippen MR) is 72.2 cm³/mol. The summed E-state index contributed by atoms with van der Waals surface area (Å²) in [7, 11) is 5.88. The van der Waals surface area contributed by atoms with Crippen LogP contribution in [0.15, 0.2) is 30.3 Å². The number of aryl methyl sites for hydroxylation is 1. The van der Waals surface area contributed by atoms with Crippen LogP contribution in [0.3, 0.4) is 0 Å². The number of rotatable bonds is 3. The lowest BCUT2D eigenvalue weighted by Gasteiger charge is -2.07. The van der Waals surface area contributed by atoms with Gasteiger partial charge in [0.05, 0.1) is 5.69 Å². The quantitative estimate of drug-likeness (QED) is 0.878. The molecule has 0 unspecified atom stereocenters. The zero-order valence-electron chi connectivity index (χ0n) is 10.7. The summed E-state index contributed by atoms with van der Waals surface area (Å²) in [6.45, 7) is 2.08. The number of nitrogens with one attached hydrogen (secondary N) is 1. The normalized spacial score (nSPS) is 10.4. The standard InChI is InChI=1S/C13H18N4/c1-10-5-7-11(8-6-10)17-12(14-2)9-13(15-17)16(3)4/h5-9,14H,1-4H3. The highest BCUT2D eigenvalue weighted by Crippen LogP contribution is 2.21. The summed E-state index contributed by atoms with van der Waals surface area (Å²) < 4.78 is 1.91. The van der Waals surface area contributed by atoms with Gasteiger partial charge in [-0.2, -0.15) is 0 Å². The Morgan fingerprint density at radius 2 is 1.82 bits per heavy atom. The number of hydrogen-bond acceptors (Lipinski definition) is 3. The van der Waals surface area contributed by atoms with Crippen LogP contribution >= 0.6 is 0 Å². The second-order valence-corrected chi connectivity index (χ2v) is 4.28. The van der Waals surface area contributed by atoms with Crippen LogP contribution in [0.1, 0.15) is 5.56 Å². The predicted octanol–water partition coefficient (Wildman–Crippen LogP) is 2.29. The second-order valence-electron chi connectivity index (χ2n) is 4.28. The van der Waals surface area contributed by atoms with Crippen molar-refractivity contribution in [3.05, 3.63) is 35.9 Å². The zero-order chi connectivity index (χ0) is 12.4. The maximum absolute atomic E-state index is 4.56. The molecule has 2 aromatic rings. The lowest BCUT2D eigenvalue weighted by atomic mass is 10.2. The maximum atomic E-state index is 4.56. The zero-order valence-corrected chi connectivity index (χ0v) is 10.7. The van der Waals surface area contributed by atoms with Crippen LogP contribution in [0.4, 0.5) is 11.6 Å². The van der Waals surface area contributed by atoms with Gasteiger partial charge in [0.1, 0.15) is 5.82 Å². The number of aromatic nitrogens is 2. The van der Waals surface area contributed by atoms with E-state index in [0.717, 1.165) is 17.3 Å². The molecule has 0 aliphatic carbocycles. The molecule has 0 bridgehead atoms. The average Bonchev–Trinajstić information content (AvgIpc) is 2.74. The maximum Gasteiger partial charge on any atom is 0.152 e. The van der Waals surface area contributed by atoms with Crippen molar-refractivity contribution >= 4 is 11.6 Å². The van der Waals surface area contributed by atoms with Gasteiger partial charge in [-0.05, 0) is 19.1 Å². The lowest BCUT2D eigenvalue weighted by Crippen LogP contribution is -2.10. The first-order chi connectivity index (χ1) is 8.11. The van der Waals surface area contributed by atoms with Crippen molar-refractivity contribution in [3.8, 4) is 5.69 Å². The summed E-state index contributed by atoms with van der Waals surface area (Å²) in [4.78, 5) is 1.99. The van der Waals surface area contributed by atoms with Crippen LogP contribution < -0.4 is 10.2 Å². The Bertz CT molecular complexity index is 497. The second kappa shape index (κ2) is 4.49. The fourth-order valence-electron chi connectivity index (χ4n) is 1.65. The summed E-state index contributed by atoms with van der Waals surface area (Å²) in [6.07, 6.45) is 0. The largest absolute Gasteiger partial charge is 0.373 e. The van der Waals surface area contributed by atoms with E-state index in [1.54, 1.807) is 0 Å². The van der Waals surface area contributed by atoms with Crippen LogP contribution in [0.25, 0.3) is 5.69 Å². The Morgan fingerprint density at radius 3 is 2.35 bits per heavy atom. The van der Waals surface area contributed by atoms with Gasteiger partial charge in [0.2, 0.25) is 0 Å². The first-order valence-corrected chi connectivity index (χ1v) is 5.64. The Hall–Kier alpha value is -1.97. The highest BCUT2D eigenvalue weighted by atomic mass is 15.4. The van der Waals surface area contributed by atoms with Gasteiger partial charge in [-0.15, -0.1) is 5.10 Å². The molecule has 1 N–H and O–H groups in total. The van der Waals surface area contributed by atoms with Crippen molar-refractivity contribution in [1.29, 1.82) is 0 Å². The van der Waals surface area contributed by atoms with E-state index >= 15 is 0 Å². The molecule has 0 fully saturated rings. The van der Waals surface area contributed by atoms with E-state index in [9.17, 15) is 0 Å². The van der Waals surface area contributed by atoms with Gasteiger partial charge >= 0.3 is 0 Å². The van der Waals surface area contributed by atoms with Gasteiger partial charge in [-0.3, -0.25) is 0 Å². The molecule has 0 aliphatic heterocycles. The molecule has 2 rings (SSSR count). The molecule has 1 aromatic heterocycles. The molecule has 1 aromatic carbocycles. The van der Waals surface area contributed by atoms with Gasteiger partial charge in [0.15, 0.2) is 5.82 Å². The number of hydrogen-bond donors (Lipinski definition) is 1. The molecule has 1 heterocycles. The highest BCUT2D eigenvalue weighted by Gasteiger charge is 2.09. The van der Waals surface area contributed by atoms with Crippen molar-refractivity contribution in [2.45, 2.75) is 6.92 Å². The first-order valence-electron chi connectivity index (χ1n) is 5.64. The van der Waals surface area contributed by atoms with E-state index < -0.39 is 0 Å². The Balaban J connectivity index is 2.46. The minimum Gasteiger partial charge on any atom is -0.373 e. The molecule has 0 saturated heterocycles. The van der Waals surface area contributed by atoms with Crippen molar-refractivity contribution in [1.82, 2.24) is 9.78 Å². The SMILES string of the molecule is CNc1cc(N(C)C)nn1-c1ccc(C)cc1. The van der Waals surface area contributed by atoms with E-state index in [-0.39, 0.29) is 0 Å². The third kappa shape index (κ3) is 2.25. The van der Waals surface area contributed by atoms with Gasteiger partial charge in [0, 0.05) is 27.2 Å². The molecule has 0 spiro atoms. The van der Waals surface area contributed by atoms with Crippen LogP contribution in [0.2, 0.25) is 0 Å². The molecule has 90 valence electrons. The fraction of sp³-hybridized carbons (Fsp3) is 0.308. The Labute approximate surface area is 102 Å². The summed E-state index contributed by atoms with van der Waals surface area (Å²) in [5.74, 6) is 1.92. The van der Waals surface area contributed by atoms with Crippen LogP contribution in [-0.4, -0.2) is 30.9 Å². The topological polar surface area (TPSA) is 33.1 Å². The number of anilines is 2. The molecule has 17 heavy (non-hydrogen) atoms. The molecule has 4 heteroatoms. The van der Waals surface area contributed by atoms with Crippen LogP contribution in [-0.2, 0) is 0 Å². The Kier molecular flexibility index (Phi) is 3.04. The van der Waals surface area contributed by atoms with Gasteiger partial charge in [-0.25, -0.2) is 4.68 Å². The number of benzene rings is 1. The van der Waals surface area contributed by atoms with Crippen molar-refractivity contribution in [2.75, 3.05) is 31.4 Å². The molecule has 0 saturated carbocycles. The summed E-state index contributed by atoms with van der Waals surface area (Å²) in [6, 6.07) is 10.3. The first kappa shape index (κ1) is 11.5. The molecule has 0 amide bonds. The monoisotopic (exact) mass is 230 g/mol. The summed E-state index contributed by atoms with van der Waals surface area (Å²) in [5.41, 5.74) is 2.31. The molecule has 0 aliphatic rings. The van der Waals surface area contributed by atoms with E-state index in [2.05, 4.69) is 41.6 Å². The summed E-state index contributed by atoms with van der Waals surface area (Å²) in [5, 5.41) is 7.72. The minimum absolute atomic E-state index is 0.940. The summed E-state index contributed by atoms with van der Waals surface area (Å²) >= 11 is 0. The van der Waals surface area contributed by atoms with Crippen molar-refractivity contribution < 1.29 is 0 Å². The van der Waals surface area contributed by atoms with Crippen LogP contribution in [0.5, 0.6) is 0 Å². The fourth-order valence-corrected chi connectivity index (χ4v) is 1.65. The van der Waals surface area contributed by atoms with Gasteiger partial charge < -0.3 is 10.2 Å². The third-order valence-corrected chi connectivity index (χ3v) is 2.69. The molecular formula is C13H18N4. The van der Waals surface area contributed by atoms with E-state index in [1.807, 2.05) is 36.8 Å². The third-order valence-electron chi connectivity index (χ3n) is 2.69.